The molecule has 94 valence electrons. The predicted octanol–water partition coefficient (Wildman–Crippen LogP) is 2.41. The van der Waals surface area contributed by atoms with E-state index in [0.717, 1.165) is 11.3 Å². The van der Waals surface area contributed by atoms with Gasteiger partial charge in [0.25, 0.3) is 0 Å². The third-order valence-corrected chi connectivity index (χ3v) is 3.02. The number of ether oxygens (including phenoxy) is 2. The second-order valence-electron chi connectivity index (χ2n) is 4.06. The molecule has 2 heterocycles. The highest BCUT2D eigenvalue weighted by atomic mass is 35.5. The van der Waals surface area contributed by atoms with Crippen molar-refractivity contribution in [1.29, 1.82) is 0 Å². The molecule has 1 aliphatic rings. The third-order valence-electron chi connectivity index (χ3n) is 2.70. The topological polar surface area (TPSA) is 48.3 Å². The van der Waals surface area contributed by atoms with Gasteiger partial charge in [-0.15, -0.1) is 0 Å². The van der Waals surface area contributed by atoms with Crippen molar-refractivity contribution in [1.82, 2.24) is 9.78 Å². The SMILES string of the molecule is Cn1cc(CNc2cc3c(cc2Cl)OCO3)cn1. The Balaban J connectivity index is 1.76. The first-order chi connectivity index (χ1) is 8.72. The van der Waals surface area contributed by atoms with Gasteiger partial charge < -0.3 is 14.8 Å². The molecule has 0 unspecified atom stereocenters. The lowest BCUT2D eigenvalue weighted by Crippen LogP contribution is -1.99. The number of nitrogens with zero attached hydrogens (tertiary/aromatic N) is 2. The largest absolute Gasteiger partial charge is 0.454 e. The number of halogens is 1. The van der Waals surface area contributed by atoms with Gasteiger partial charge in [0, 0.05) is 37.5 Å². The third kappa shape index (κ3) is 2.09. The zero-order chi connectivity index (χ0) is 12.5. The summed E-state index contributed by atoms with van der Waals surface area (Å²) < 4.78 is 12.3. The molecule has 0 amide bonds. The van der Waals surface area contributed by atoms with Crippen LogP contribution in [0.4, 0.5) is 5.69 Å². The van der Waals surface area contributed by atoms with Crippen molar-refractivity contribution in [2.75, 3.05) is 12.1 Å². The second kappa shape index (κ2) is 4.42. The number of benzene rings is 1. The van der Waals surface area contributed by atoms with Crippen molar-refractivity contribution >= 4 is 17.3 Å². The van der Waals surface area contributed by atoms with Crippen LogP contribution < -0.4 is 14.8 Å². The molecule has 0 bridgehead atoms. The smallest absolute Gasteiger partial charge is 0.231 e. The van der Waals surface area contributed by atoms with Gasteiger partial charge in [0.15, 0.2) is 11.5 Å². The average Bonchev–Trinajstić information content (AvgIpc) is 2.94. The monoisotopic (exact) mass is 265 g/mol. The summed E-state index contributed by atoms with van der Waals surface area (Å²) in [7, 11) is 1.89. The van der Waals surface area contributed by atoms with Crippen molar-refractivity contribution in [3.05, 3.63) is 35.1 Å². The Kier molecular flexibility index (Phi) is 2.76. The minimum absolute atomic E-state index is 0.248. The maximum absolute atomic E-state index is 6.16. The predicted molar refractivity (Wildman–Crippen MR) is 68.1 cm³/mol. The molecular formula is C12H12ClN3O2. The van der Waals surface area contributed by atoms with Crippen LogP contribution in [0.2, 0.25) is 5.02 Å². The highest BCUT2D eigenvalue weighted by molar-refractivity contribution is 6.33. The fraction of sp³-hybridized carbons (Fsp3) is 0.250. The summed E-state index contributed by atoms with van der Waals surface area (Å²) in [6.45, 7) is 0.908. The second-order valence-corrected chi connectivity index (χ2v) is 4.47. The highest BCUT2D eigenvalue weighted by Gasteiger charge is 2.16. The van der Waals surface area contributed by atoms with Crippen molar-refractivity contribution in [2.45, 2.75) is 6.54 Å². The lowest BCUT2D eigenvalue weighted by atomic mass is 10.2. The maximum atomic E-state index is 6.16. The van der Waals surface area contributed by atoms with Crippen molar-refractivity contribution < 1.29 is 9.47 Å². The summed E-state index contributed by atoms with van der Waals surface area (Å²) in [5.74, 6) is 1.40. The number of rotatable bonds is 3. The minimum atomic E-state index is 0.248. The van der Waals surface area contributed by atoms with E-state index in [1.54, 1.807) is 10.7 Å². The standard InChI is InChI=1S/C12H12ClN3O2/c1-16-6-8(5-15-16)4-14-10-3-12-11(2-9(10)13)17-7-18-12/h2-3,5-6,14H,4,7H2,1H3. The van der Waals surface area contributed by atoms with Crippen LogP contribution in [0.25, 0.3) is 0 Å². The molecule has 0 spiro atoms. The number of hydrogen-bond acceptors (Lipinski definition) is 4. The summed E-state index contributed by atoms with van der Waals surface area (Å²) in [5, 5.41) is 7.97. The normalized spacial score (nSPS) is 12.8. The number of anilines is 1. The molecule has 0 saturated heterocycles. The van der Waals surface area contributed by atoms with E-state index in [2.05, 4.69) is 10.4 Å². The first-order valence-corrected chi connectivity index (χ1v) is 5.91. The van der Waals surface area contributed by atoms with E-state index in [1.807, 2.05) is 25.5 Å². The Morgan fingerprint density at radius 1 is 1.39 bits per heavy atom. The van der Waals surface area contributed by atoms with Crippen LogP contribution in [0.5, 0.6) is 11.5 Å². The molecule has 0 fully saturated rings. The number of nitrogens with one attached hydrogen (secondary N) is 1. The fourth-order valence-corrected chi connectivity index (χ4v) is 2.03. The lowest BCUT2D eigenvalue weighted by molar-refractivity contribution is 0.174. The molecule has 1 aromatic carbocycles. The van der Waals surface area contributed by atoms with Crippen LogP contribution in [0.15, 0.2) is 24.5 Å². The van der Waals surface area contributed by atoms with Gasteiger partial charge in [-0.3, -0.25) is 4.68 Å². The van der Waals surface area contributed by atoms with Gasteiger partial charge in [-0.1, -0.05) is 11.6 Å². The van der Waals surface area contributed by atoms with Crippen molar-refractivity contribution in [3.63, 3.8) is 0 Å². The quantitative estimate of drug-likeness (QED) is 0.926. The molecule has 0 aliphatic carbocycles. The molecule has 6 heteroatoms. The van der Waals surface area contributed by atoms with Crippen LogP contribution in [-0.4, -0.2) is 16.6 Å². The van der Waals surface area contributed by atoms with Gasteiger partial charge in [0.1, 0.15) is 0 Å². The highest BCUT2D eigenvalue weighted by Crippen LogP contribution is 2.39. The van der Waals surface area contributed by atoms with Gasteiger partial charge in [-0.25, -0.2) is 0 Å². The van der Waals surface area contributed by atoms with Crippen molar-refractivity contribution in [2.24, 2.45) is 7.05 Å². The number of fused-ring (bicyclic) bond motifs is 1. The van der Waals surface area contributed by atoms with E-state index in [-0.39, 0.29) is 6.79 Å². The summed E-state index contributed by atoms with van der Waals surface area (Å²) in [5.41, 5.74) is 1.91. The molecule has 0 saturated carbocycles. The number of hydrogen-bond donors (Lipinski definition) is 1. The molecule has 2 aromatic rings. The molecule has 5 nitrogen and oxygen atoms in total. The van der Waals surface area contributed by atoms with Gasteiger partial charge >= 0.3 is 0 Å². The Morgan fingerprint density at radius 2 is 2.17 bits per heavy atom. The Labute approximate surface area is 109 Å². The Hall–Kier alpha value is -1.88. The minimum Gasteiger partial charge on any atom is -0.454 e. The summed E-state index contributed by atoms with van der Waals surface area (Å²) >= 11 is 6.16. The van der Waals surface area contributed by atoms with Gasteiger partial charge in [-0.05, 0) is 0 Å². The van der Waals surface area contributed by atoms with Crippen LogP contribution in [0.1, 0.15) is 5.56 Å². The van der Waals surface area contributed by atoms with Crippen molar-refractivity contribution in [3.8, 4) is 11.5 Å². The van der Waals surface area contributed by atoms with Gasteiger partial charge in [0.05, 0.1) is 16.9 Å². The average molecular weight is 266 g/mol. The van der Waals surface area contributed by atoms with E-state index < -0.39 is 0 Å². The number of aryl methyl sites for hydroxylation is 1. The van der Waals surface area contributed by atoms with E-state index in [1.165, 1.54) is 0 Å². The van der Waals surface area contributed by atoms with Crippen LogP contribution in [0.3, 0.4) is 0 Å². The van der Waals surface area contributed by atoms with E-state index in [9.17, 15) is 0 Å². The van der Waals surface area contributed by atoms with Crippen LogP contribution in [0, 0.1) is 0 Å². The molecule has 1 aliphatic heterocycles. The number of aromatic nitrogens is 2. The van der Waals surface area contributed by atoms with E-state index in [0.29, 0.717) is 23.1 Å². The zero-order valence-corrected chi connectivity index (χ0v) is 10.6. The molecular weight excluding hydrogens is 254 g/mol. The fourth-order valence-electron chi connectivity index (χ4n) is 1.81. The van der Waals surface area contributed by atoms with E-state index >= 15 is 0 Å². The summed E-state index contributed by atoms with van der Waals surface area (Å²) in [6.07, 6.45) is 3.77. The molecule has 3 rings (SSSR count). The summed E-state index contributed by atoms with van der Waals surface area (Å²) in [4.78, 5) is 0. The molecule has 1 aromatic heterocycles. The lowest BCUT2D eigenvalue weighted by Gasteiger charge is -2.08. The van der Waals surface area contributed by atoms with Gasteiger partial charge in [0.2, 0.25) is 6.79 Å². The first kappa shape index (κ1) is 11.2. The van der Waals surface area contributed by atoms with Gasteiger partial charge in [-0.2, -0.15) is 5.10 Å². The Morgan fingerprint density at radius 3 is 2.89 bits per heavy atom. The Bertz CT molecular complexity index is 583. The zero-order valence-electron chi connectivity index (χ0n) is 9.81. The van der Waals surface area contributed by atoms with E-state index in [4.69, 9.17) is 21.1 Å². The maximum Gasteiger partial charge on any atom is 0.231 e. The van der Waals surface area contributed by atoms with Crippen LogP contribution >= 0.6 is 11.6 Å². The van der Waals surface area contributed by atoms with Crippen LogP contribution in [-0.2, 0) is 13.6 Å². The summed E-state index contributed by atoms with van der Waals surface area (Å²) in [6, 6.07) is 3.61. The molecule has 0 radical (unpaired) electrons. The first-order valence-electron chi connectivity index (χ1n) is 5.53. The molecule has 18 heavy (non-hydrogen) atoms. The molecule has 1 N–H and O–H groups in total. The molecule has 0 atom stereocenters.